The Labute approximate surface area is 114 Å². The van der Waals surface area contributed by atoms with Crippen LogP contribution in [-0.4, -0.2) is 32.8 Å². The third-order valence-electron chi connectivity index (χ3n) is 3.68. The topological polar surface area (TPSA) is 47.6 Å². The monoisotopic (exact) mass is 263 g/mol. The predicted octanol–water partition coefficient (Wildman–Crippen LogP) is 2.09. The van der Waals surface area contributed by atoms with Crippen molar-refractivity contribution in [3.05, 3.63) is 29.8 Å². The third-order valence-corrected chi connectivity index (χ3v) is 3.68. The van der Waals surface area contributed by atoms with Crippen molar-refractivity contribution in [1.82, 2.24) is 5.32 Å². The van der Waals surface area contributed by atoms with Gasteiger partial charge in [-0.25, -0.2) is 0 Å². The van der Waals surface area contributed by atoms with Gasteiger partial charge in [0.15, 0.2) is 0 Å². The average molecular weight is 263 g/mol. The number of carbonyl (C=O) groups excluding carboxylic acids is 1. The second-order valence-corrected chi connectivity index (χ2v) is 4.83. The van der Waals surface area contributed by atoms with Gasteiger partial charge in [0.1, 0.15) is 5.75 Å². The fraction of sp³-hybridized carbons (Fsp3) is 0.533. The van der Waals surface area contributed by atoms with Crippen LogP contribution in [0.4, 0.5) is 0 Å². The molecule has 0 bridgehead atoms. The number of rotatable bonds is 4. The molecule has 0 spiro atoms. The normalized spacial score (nSPS) is 20.6. The van der Waals surface area contributed by atoms with Gasteiger partial charge in [0.25, 0.3) is 0 Å². The first-order chi connectivity index (χ1) is 9.26. The van der Waals surface area contributed by atoms with E-state index in [1.54, 1.807) is 7.11 Å². The van der Waals surface area contributed by atoms with Gasteiger partial charge in [0.2, 0.25) is 0 Å². The second kappa shape index (κ2) is 6.57. The van der Waals surface area contributed by atoms with Gasteiger partial charge in [-0.1, -0.05) is 18.6 Å². The highest BCUT2D eigenvalue weighted by Crippen LogP contribution is 2.28. The Kier molecular flexibility index (Phi) is 4.80. The van der Waals surface area contributed by atoms with Crippen molar-refractivity contribution in [3.8, 4) is 5.75 Å². The largest absolute Gasteiger partial charge is 0.497 e. The van der Waals surface area contributed by atoms with E-state index in [2.05, 4.69) is 5.32 Å². The molecule has 1 saturated heterocycles. The zero-order chi connectivity index (χ0) is 13.7. The molecule has 2 atom stereocenters. The van der Waals surface area contributed by atoms with Gasteiger partial charge in [-0.3, -0.25) is 4.79 Å². The lowest BCUT2D eigenvalue weighted by molar-refractivity contribution is -0.143. The van der Waals surface area contributed by atoms with Gasteiger partial charge in [0, 0.05) is 6.04 Å². The number of esters is 1. The first-order valence-corrected chi connectivity index (χ1v) is 6.71. The van der Waals surface area contributed by atoms with E-state index in [4.69, 9.17) is 9.47 Å². The van der Waals surface area contributed by atoms with Gasteiger partial charge < -0.3 is 14.8 Å². The van der Waals surface area contributed by atoms with E-state index >= 15 is 0 Å². The summed E-state index contributed by atoms with van der Waals surface area (Å²) in [6.07, 6.45) is 3.33. The fourth-order valence-corrected chi connectivity index (χ4v) is 2.63. The SMILES string of the molecule is COC(=O)[C@@H](c1ccc(OC)cc1)C1CCCCN1. The summed E-state index contributed by atoms with van der Waals surface area (Å²) in [4.78, 5) is 12.1. The molecule has 0 saturated carbocycles. The van der Waals surface area contributed by atoms with E-state index in [1.165, 1.54) is 13.5 Å². The smallest absolute Gasteiger partial charge is 0.314 e. The standard InChI is InChI=1S/C15H21NO3/c1-18-12-8-6-11(7-9-12)14(15(17)19-2)13-5-3-4-10-16-13/h6-9,13-14,16H,3-5,10H2,1-2H3/t13?,14-/m0/s1. The van der Waals surface area contributed by atoms with Gasteiger partial charge in [-0.2, -0.15) is 0 Å². The predicted molar refractivity (Wildman–Crippen MR) is 73.4 cm³/mol. The molecule has 2 rings (SSSR count). The molecule has 1 heterocycles. The Morgan fingerprint density at radius 1 is 1.26 bits per heavy atom. The van der Waals surface area contributed by atoms with Crippen LogP contribution in [0.5, 0.6) is 5.75 Å². The van der Waals surface area contributed by atoms with Gasteiger partial charge in [-0.15, -0.1) is 0 Å². The quantitative estimate of drug-likeness (QED) is 0.845. The number of ether oxygens (including phenoxy) is 2. The van der Waals surface area contributed by atoms with Crippen LogP contribution in [0.15, 0.2) is 24.3 Å². The van der Waals surface area contributed by atoms with Crippen LogP contribution in [0.3, 0.4) is 0 Å². The van der Waals surface area contributed by atoms with Crippen molar-refractivity contribution in [3.63, 3.8) is 0 Å². The van der Waals surface area contributed by atoms with Gasteiger partial charge in [0.05, 0.1) is 20.1 Å². The molecule has 1 N–H and O–H groups in total. The summed E-state index contributed by atoms with van der Waals surface area (Å²) in [5.41, 5.74) is 0.979. The molecule has 4 nitrogen and oxygen atoms in total. The lowest BCUT2D eigenvalue weighted by Gasteiger charge is -2.30. The molecule has 1 aliphatic heterocycles. The summed E-state index contributed by atoms with van der Waals surface area (Å²) >= 11 is 0. The van der Waals surface area contributed by atoms with E-state index in [1.807, 2.05) is 24.3 Å². The molecule has 0 radical (unpaired) electrons. The molecular weight excluding hydrogens is 242 g/mol. The summed E-state index contributed by atoms with van der Waals surface area (Å²) < 4.78 is 10.1. The average Bonchev–Trinajstić information content (AvgIpc) is 2.49. The highest BCUT2D eigenvalue weighted by molar-refractivity contribution is 5.79. The molecule has 1 unspecified atom stereocenters. The Morgan fingerprint density at radius 2 is 2.00 bits per heavy atom. The summed E-state index contributed by atoms with van der Waals surface area (Å²) in [6.45, 7) is 0.967. The Balaban J connectivity index is 2.22. The Bertz CT molecular complexity index is 410. The van der Waals surface area contributed by atoms with Crippen molar-refractivity contribution in [2.45, 2.75) is 31.2 Å². The van der Waals surface area contributed by atoms with Crippen molar-refractivity contribution in [1.29, 1.82) is 0 Å². The number of piperidine rings is 1. The minimum absolute atomic E-state index is 0.162. The van der Waals surface area contributed by atoms with Crippen molar-refractivity contribution < 1.29 is 14.3 Å². The fourth-order valence-electron chi connectivity index (χ4n) is 2.63. The number of benzene rings is 1. The van der Waals surface area contributed by atoms with Crippen molar-refractivity contribution in [2.24, 2.45) is 0 Å². The lowest BCUT2D eigenvalue weighted by Crippen LogP contribution is -2.42. The number of hydrogen-bond donors (Lipinski definition) is 1. The van der Waals surface area contributed by atoms with Crippen LogP contribution in [0.1, 0.15) is 30.7 Å². The summed E-state index contributed by atoms with van der Waals surface area (Å²) in [5.74, 6) is 0.379. The minimum atomic E-state index is -0.240. The van der Waals surface area contributed by atoms with E-state index < -0.39 is 0 Å². The molecule has 19 heavy (non-hydrogen) atoms. The highest BCUT2D eigenvalue weighted by Gasteiger charge is 2.31. The van der Waals surface area contributed by atoms with Crippen molar-refractivity contribution in [2.75, 3.05) is 20.8 Å². The van der Waals surface area contributed by atoms with E-state index in [-0.39, 0.29) is 17.9 Å². The minimum Gasteiger partial charge on any atom is -0.497 e. The molecule has 104 valence electrons. The van der Waals surface area contributed by atoms with Gasteiger partial charge >= 0.3 is 5.97 Å². The third kappa shape index (κ3) is 3.26. The molecule has 1 fully saturated rings. The second-order valence-electron chi connectivity index (χ2n) is 4.83. The summed E-state index contributed by atoms with van der Waals surface area (Å²) in [5, 5.41) is 3.43. The first-order valence-electron chi connectivity index (χ1n) is 6.71. The van der Waals surface area contributed by atoms with Crippen LogP contribution >= 0.6 is 0 Å². The number of hydrogen-bond acceptors (Lipinski definition) is 4. The summed E-state index contributed by atoms with van der Waals surface area (Å²) in [7, 11) is 3.08. The molecule has 4 heteroatoms. The Morgan fingerprint density at radius 3 is 2.53 bits per heavy atom. The van der Waals surface area contributed by atoms with E-state index in [0.717, 1.165) is 30.7 Å². The number of carbonyl (C=O) groups is 1. The molecule has 1 aromatic carbocycles. The van der Waals surface area contributed by atoms with Crippen LogP contribution in [0, 0.1) is 0 Å². The maximum absolute atomic E-state index is 12.1. The van der Waals surface area contributed by atoms with E-state index in [0.29, 0.717) is 0 Å². The van der Waals surface area contributed by atoms with Crippen LogP contribution in [-0.2, 0) is 9.53 Å². The number of methoxy groups -OCH3 is 2. The highest BCUT2D eigenvalue weighted by atomic mass is 16.5. The molecule has 0 amide bonds. The summed E-state index contributed by atoms with van der Waals surface area (Å²) in [6, 6.07) is 7.81. The molecule has 0 aliphatic carbocycles. The van der Waals surface area contributed by atoms with Crippen LogP contribution in [0.2, 0.25) is 0 Å². The lowest BCUT2D eigenvalue weighted by atomic mass is 9.86. The number of nitrogens with one attached hydrogen (secondary N) is 1. The van der Waals surface area contributed by atoms with Crippen LogP contribution in [0.25, 0.3) is 0 Å². The zero-order valence-corrected chi connectivity index (χ0v) is 11.5. The van der Waals surface area contributed by atoms with E-state index in [9.17, 15) is 4.79 Å². The maximum Gasteiger partial charge on any atom is 0.314 e. The molecule has 1 aliphatic rings. The molecule has 1 aromatic rings. The maximum atomic E-state index is 12.1. The molecular formula is C15H21NO3. The van der Waals surface area contributed by atoms with Crippen LogP contribution < -0.4 is 10.1 Å². The first kappa shape index (κ1) is 13.9. The molecule has 0 aromatic heterocycles. The van der Waals surface area contributed by atoms with Crippen molar-refractivity contribution >= 4 is 5.97 Å². The van der Waals surface area contributed by atoms with Gasteiger partial charge in [-0.05, 0) is 37.1 Å². The Hall–Kier alpha value is -1.55. The zero-order valence-electron chi connectivity index (χ0n) is 11.5.